The number of carbonyl (C=O) groups is 1. The third kappa shape index (κ3) is 2.32. The molecule has 0 spiro atoms. The summed E-state index contributed by atoms with van der Waals surface area (Å²) in [5.41, 5.74) is 1.67. The number of rotatable bonds is 3. The van der Waals surface area contributed by atoms with E-state index in [-0.39, 0.29) is 5.78 Å². The van der Waals surface area contributed by atoms with Gasteiger partial charge < -0.3 is 4.90 Å². The van der Waals surface area contributed by atoms with Gasteiger partial charge in [-0.05, 0) is 32.0 Å². The molecule has 0 radical (unpaired) electrons. The van der Waals surface area contributed by atoms with Gasteiger partial charge in [-0.2, -0.15) is 5.10 Å². The molecule has 1 N–H and O–H groups in total. The van der Waals surface area contributed by atoms with E-state index in [1.165, 1.54) is 19.4 Å². The summed E-state index contributed by atoms with van der Waals surface area (Å²) in [5, 5.41) is 7.05. The van der Waals surface area contributed by atoms with E-state index in [4.69, 9.17) is 0 Å². The standard InChI is InChI=1S/C12H19N3O/c1-3-15-6-4-5-10(8-15)12-7-11(9(2)16)13-14-12/h7,10H,3-6,8H2,1-2H3,(H,13,14). The molecule has 1 aromatic heterocycles. The number of hydrogen-bond donors (Lipinski definition) is 1. The summed E-state index contributed by atoms with van der Waals surface area (Å²) in [7, 11) is 0. The van der Waals surface area contributed by atoms with Gasteiger partial charge in [0.25, 0.3) is 0 Å². The molecule has 1 atom stereocenters. The first-order valence-corrected chi connectivity index (χ1v) is 5.99. The van der Waals surface area contributed by atoms with Gasteiger partial charge in [0.05, 0.1) is 0 Å². The lowest BCUT2D eigenvalue weighted by molar-refractivity contribution is 0.101. The van der Waals surface area contributed by atoms with Crippen molar-refractivity contribution in [2.45, 2.75) is 32.6 Å². The van der Waals surface area contributed by atoms with Gasteiger partial charge in [0.1, 0.15) is 5.69 Å². The van der Waals surface area contributed by atoms with Crippen LogP contribution in [0.3, 0.4) is 0 Å². The maximum absolute atomic E-state index is 11.2. The number of likely N-dealkylation sites (N-methyl/N-ethyl adjacent to an activating group) is 1. The third-order valence-electron chi connectivity index (χ3n) is 3.35. The zero-order valence-corrected chi connectivity index (χ0v) is 9.99. The van der Waals surface area contributed by atoms with E-state index in [1.54, 1.807) is 6.92 Å². The molecule has 1 aromatic rings. The maximum Gasteiger partial charge on any atom is 0.179 e. The van der Waals surface area contributed by atoms with Crippen LogP contribution in [-0.4, -0.2) is 40.5 Å². The minimum Gasteiger partial charge on any atom is -0.303 e. The number of piperidine rings is 1. The quantitative estimate of drug-likeness (QED) is 0.792. The molecule has 2 heterocycles. The number of aromatic amines is 1. The van der Waals surface area contributed by atoms with Crippen LogP contribution in [0.25, 0.3) is 0 Å². The minimum atomic E-state index is 0.0330. The van der Waals surface area contributed by atoms with Crippen molar-refractivity contribution >= 4 is 5.78 Å². The predicted octanol–water partition coefficient (Wildman–Crippen LogP) is 1.81. The lowest BCUT2D eigenvalue weighted by Gasteiger charge is -2.31. The molecular weight excluding hydrogens is 202 g/mol. The van der Waals surface area contributed by atoms with E-state index in [0.29, 0.717) is 11.6 Å². The van der Waals surface area contributed by atoms with E-state index in [9.17, 15) is 4.79 Å². The van der Waals surface area contributed by atoms with Gasteiger partial charge >= 0.3 is 0 Å². The largest absolute Gasteiger partial charge is 0.303 e. The lowest BCUT2D eigenvalue weighted by atomic mass is 9.94. The highest BCUT2D eigenvalue weighted by atomic mass is 16.1. The van der Waals surface area contributed by atoms with Gasteiger partial charge in [0, 0.05) is 25.1 Å². The van der Waals surface area contributed by atoms with Gasteiger partial charge in [-0.25, -0.2) is 0 Å². The molecule has 1 fully saturated rings. The molecule has 1 saturated heterocycles. The summed E-state index contributed by atoms with van der Waals surface area (Å²) in [4.78, 5) is 13.6. The molecular formula is C12H19N3O. The van der Waals surface area contributed by atoms with E-state index < -0.39 is 0 Å². The molecule has 0 amide bonds. The number of nitrogens with one attached hydrogen (secondary N) is 1. The Balaban J connectivity index is 2.08. The zero-order valence-electron chi connectivity index (χ0n) is 9.99. The van der Waals surface area contributed by atoms with Crippen LogP contribution in [0.2, 0.25) is 0 Å². The Morgan fingerprint density at radius 3 is 3.12 bits per heavy atom. The summed E-state index contributed by atoms with van der Waals surface area (Å²) in [5.74, 6) is 0.542. The lowest BCUT2D eigenvalue weighted by Crippen LogP contribution is -2.34. The third-order valence-corrected chi connectivity index (χ3v) is 3.35. The average Bonchev–Trinajstić information content (AvgIpc) is 2.78. The second-order valence-corrected chi connectivity index (χ2v) is 4.50. The minimum absolute atomic E-state index is 0.0330. The van der Waals surface area contributed by atoms with Crippen molar-refractivity contribution in [2.24, 2.45) is 0 Å². The molecule has 4 nitrogen and oxygen atoms in total. The topological polar surface area (TPSA) is 49.0 Å². The SMILES string of the molecule is CCN1CCCC(c2cc(C(C)=O)n[nH]2)C1. The van der Waals surface area contributed by atoms with E-state index in [1.807, 2.05) is 6.07 Å². The first-order chi connectivity index (χ1) is 7.70. The smallest absolute Gasteiger partial charge is 0.179 e. The van der Waals surface area contributed by atoms with Crippen LogP contribution in [0.15, 0.2) is 6.07 Å². The van der Waals surface area contributed by atoms with Crippen molar-refractivity contribution in [1.29, 1.82) is 0 Å². The molecule has 16 heavy (non-hydrogen) atoms. The number of nitrogens with zero attached hydrogens (tertiary/aromatic N) is 2. The van der Waals surface area contributed by atoms with Gasteiger partial charge in [-0.1, -0.05) is 6.92 Å². The molecule has 4 heteroatoms. The number of hydrogen-bond acceptors (Lipinski definition) is 3. The Bertz CT molecular complexity index is 372. The van der Waals surface area contributed by atoms with Crippen LogP contribution < -0.4 is 0 Å². The summed E-state index contributed by atoms with van der Waals surface area (Å²) in [6, 6.07) is 1.91. The van der Waals surface area contributed by atoms with E-state index in [0.717, 1.165) is 18.8 Å². The normalized spacial score (nSPS) is 22.2. The average molecular weight is 221 g/mol. The van der Waals surface area contributed by atoms with Gasteiger partial charge in [0.2, 0.25) is 0 Å². The molecule has 0 aromatic carbocycles. The number of ketones is 1. The van der Waals surface area contributed by atoms with Gasteiger partial charge in [-0.15, -0.1) is 0 Å². The number of H-pyrrole nitrogens is 1. The van der Waals surface area contributed by atoms with Crippen molar-refractivity contribution in [1.82, 2.24) is 15.1 Å². The number of aromatic nitrogens is 2. The van der Waals surface area contributed by atoms with Crippen LogP contribution in [0, 0.1) is 0 Å². The fourth-order valence-corrected chi connectivity index (χ4v) is 2.32. The zero-order chi connectivity index (χ0) is 11.5. The van der Waals surface area contributed by atoms with Crippen molar-refractivity contribution in [3.05, 3.63) is 17.5 Å². The summed E-state index contributed by atoms with van der Waals surface area (Å²) < 4.78 is 0. The van der Waals surface area contributed by atoms with Crippen molar-refractivity contribution in [3.63, 3.8) is 0 Å². The summed E-state index contributed by atoms with van der Waals surface area (Å²) >= 11 is 0. The predicted molar refractivity (Wildman–Crippen MR) is 62.7 cm³/mol. The molecule has 1 aliphatic heterocycles. The van der Waals surface area contributed by atoms with Crippen LogP contribution >= 0.6 is 0 Å². The second kappa shape index (κ2) is 4.78. The maximum atomic E-state index is 11.2. The highest BCUT2D eigenvalue weighted by Crippen LogP contribution is 2.25. The molecule has 1 unspecified atom stereocenters. The van der Waals surface area contributed by atoms with Crippen LogP contribution in [0.1, 0.15) is 48.8 Å². The second-order valence-electron chi connectivity index (χ2n) is 4.50. The monoisotopic (exact) mass is 221 g/mol. The van der Waals surface area contributed by atoms with Gasteiger partial charge in [0.15, 0.2) is 5.78 Å². The summed E-state index contributed by atoms with van der Waals surface area (Å²) in [6.45, 7) is 7.12. The summed E-state index contributed by atoms with van der Waals surface area (Å²) in [6.07, 6.45) is 2.42. The Labute approximate surface area is 96.0 Å². The van der Waals surface area contributed by atoms with Crippen LogP contribution in [0.5, 0.6) is 0 Å². The number of likely N-dealkylation sites (tertiary alicyclic amines) is 1. The molecule has 88 valence electrons. The van der Waals surface area contributed by atoms with Crippen LogP contribution in [0.4, 0.5) is 0 Å². The first kappa shape index (κ1) is 11.3. The Morgan fingerprint density at radius 2 is 2.50 bits per heavy atom. The van der Waals surface area contributed by atoms with Crippen LogP contribution in [-0.2, 0) is 0 Å². The van der Waals surface area contributed by atoms with Gasteiger partial charge in [-0.3, -0.25) is 9.89 Å². The highest BCUT2D eigenvalue weighted by Gasteiger charge is 2.22. The van der Waals surface area contributed by atoms with Crippen molar-refractivity contribution in [3.8, 4) is 0 Å². The molecule has 0 bridgehead atoms. The first-order valence-electron chi connectivity index (χ1n) is 5.99. The van der Waals surface area contributed by atoms with Crippen molar-refractivity contribution in [2.75, 3.05) is 19.6 Å². The Hall–Kier alpha value is -1.16. The van der Waals surface area contributed by atoms with Crippen molar-refractivity contribution < 1.29 is 4.79 Å². The fourth-order valence-electron chi connectivity index (χ4n) is 2.32. The molecule has 0 saturated carbocycles. The molecule has 1 aliphatic rings. The number of carbonyl (C=O) groups excluding carboxylic acids is 1. The highest BCUT2D eigenvalue weighted by molar-refractivity contribution is 5.92. The molecule has 2 rings (SSSR count). The molecule has 0 aliphatic carbocycles. The van der Waals surface area contributed by atoms with E-state index in [2.05, 4.69) is 22.0 Å². The Kier molecular flexibility index (Phi) is 3.39. The van der Waals surface area contributed by atoms with E-state index >= 15 is 0 Å². The fraction of sp³-hybridized carbons (Fsp3) is 0.667. The Morgan fingerprint density at radius 1 is 1.69 bits per heavy atom. The number of Topliss-reactive ketones (excluding diaryl/α,β-unsaturated/α-hetero) is 1.